The molecule has 0 aliphatic rings. The van der Waals surface area contributed by atoms with Crippen molar-refractivity contribution in [2.24, 2.45) is 0 Å². The van der Waals surface area contributed by atoms with E-state index < -0.39 is 39.8 Å². The first-order chi connectivity index (χ1) is 13.7. The lowest BCUT2D eigenvalue weighted by Gasteiger charge is -2.18. The van der Waals surface area contributed by atoms with Crippen LogP contribution in [0.2, 0.25) is 0 Å². The van der Waals surface area contributed by atoms with E-state index in [1.807, 2.05) is 6.92 Å². The van der Waals surface area contributed by atoms with Crippen LogP contribution in [0.3, 0.4) is 0 Å². The largest absolute Gasteiger partial charge is 0.454 e. The third-order valence-electron chi connectivity index (χ3n) is 4.52. The second kappa shape index (κ2) is 9.76. The maximum Gasteiger partial charge on any atom is 0.341 e. The highest BCUT2D eigenvalue weighted by Crippen LogP contribution is 2.20. The minimum atomic E-state index is -3.86. The first-order valence-corrected chi connectivity index (χ1v) is 10.8. The zero-order valence-corrected chi connectivity index (χ0v) is 17.5. The van der Waals surface area contributed by atoms with E-state index in [0.717, 1.165) is 30.2 Å². The summed E-state index contributed by atoms with van der Waals surface area (Å²) in [7, 11) is -3.86. The lowest BCUT2D eigenvalue weighted by atomic mass is 10.1. The minimum absolute atomic E-state index is 0.212. The number of carbonyl (C=O) groups is 2. The molecule has 0 unspecified atom stereocenters. The van der Waals surface area contributed by atoms with Crippen LogP contribution >= 0.6 is 0 Å². The van der Waals surface area contributed by atoms with E-state index >= 15 is 0 Å². The highest BCUT2D eigenvalue weighted by Gasteiger charge is 2.25. The van der Waals surface area contributed by atoms with Crippen molar-refractivity contribution < 1.29 is 27.1 Å². The molecule has 2 aromatic carbocycles. The van der Waals surface area contributed by atoms with Crippen LogP contribution in [0.25, 0.3) is 0 Å². The van der Waals surface area contributed by atoms with Crippen molar-refractivity contribution in [3.63, 3.8) is 0 Å². The molecule has 0 spiro atoms. The predicted octanol–water partition coefficient (Wildman–Crippen LogP) is 3.46. The zero-order valence-electron chi connectivity index (χ0n) is 16.6. The molecule has 29 heavy (non-hydrogen) atoms. The summed E-state index contributed by atoms with van der Waals surface area (Å²) in [6, 6.07) is 9.80. The van der Waals surface area contributed by atoms with E-state index in [-0.39, 0.29) is 18.0 Å². The Morgan fingerprint density at radius 1 is 1.00 bits per heavy atom. The number of hydrogen-bond donors (Lipinski definition) is 0. The summed E-state index contributed by atoms with van der Waals surface area (Å²) >= 11 is 0. The molecule has 2 aromatic rings. The van der Waals surface area contributed by atoms with Crippen LogP contribution in [0, 0.1) is 5.82 Å². The van der Waals surface area contributed by atoms with Crippen LogP contribution in [-0.4, -0.2) is 44.2 Å². The summed E-state index contributed by atoms with van der Waals surface area (Å²) in [6.07, 6.45) is 0.829. The molecular formula is C21H24FNO5S. The van der Waals surface area contributed by atoms with Crippen LogP contribution in [0.4, 0.5) is 4.39 Å². The molecule has 0 aliphatic carbocycles. The topological polar surface area (TPSA) is 80.8 Å². The number of halogens is 1. The number of benzene rings is 2. The zero-order chi connectivity index (χ0) is 21.6. The molecule has 0 N–H and O–H groups in total. The SMILES string of the molecule is CCc1ccc(C(=O)COC(=O)c2cc(S(=O)(=O)N(CC)CC)ccc2F)cc1. The fraction of sp³-hybridized carbons (Fsp3) is 0.333. The van der Waals surface area contributed by atoms with Crippen molar-refractivity contribution in [1.29, 1.82) is 0 Å². The average Bonchev–Trinajstić information content (AvgIpc) is 2.72. The van der Waals surface area contributed by atoms with Crippen molar-refractivity contribution in [2.75, 3.05) is 19.7 Å². The van der Waals surface area contributed by atoms with Crippen LogP contribution in [0.1, 0.15) is 47.1 Å². The molecule has 0 saturated carbocycles. The molecule has 8 heteroatoms. The van der Waals surface area contributed by atoms with E-state index in [1.165, 1.54) is 4.31 Å². The van der Waals surface area contributed by atoms with Gasteiger partial charge in [-0.15, -0.1) is 0 Å². The van der Waals surface area contributed by atoms with E-state index in [2.05, 4.69) is 0 Å². The highest BCUT2D eigenvalue weighted by molar-refractivity contribution is 7.89. The van der Waals surface area contributed by atoms with Gasteiger partial charge in [0.2, 0.25) is 10.0 Å². The van der Waals surface area contributed by atoms with Gasteiger partial charge in [-0.3, -0.25) is 4.79 Å². The quantitative estimate of drug-likeness (QED) is 0.458. The number of ketones is 1. The summed E-state index contributed by atoms with van der Waals surface area (Å²) in [4.78, 5) is 24.2. The van der Waals surface area contributed by atoms with E-state index in [1.54, 1.807) is 38.1 Å². The van der Waals surface area contributed by atoms with Crippen LogP contribution < -0.4 is 0 Å². The standard InChI is InChI=1S/C21H24FNO5S/c1-4-15-7-9-16(10-8-15)20(24)14-28-21(25)18-13-17(11-12-19(18)22)29(26,27)23(5-2)6-3/h7-13H,4-6,14H2,1-3H3. The second-order valence-corrected chi connectivity index (χ2v) is 8.22. The maximum atomic E-state index is 14.1. The summed E-state index contributed by atoms with van der Waals surface area (Å²) in [5.41, 5.74) is 0.896. The number of Topliss-reactive ketones (excluding diaryl/α,β-unsaturated/α-hetero) is 1. The average molecular weight is 421 g/mol. The first kappa shape index (κ1) is 22.7. The second-order valence-electron chi connectivity index (χ2n) is 6.28. The molecule has 0 fully saturated rings. The van der Waals surface area contributed by atoms with Crippen molar-refractivity contribution in [3.05, 3.63) is 65.0 Å². The smallest absolute Gasteiger partial charge is 0.341 e. The molecule has 0 radical (unpaired) electrons. The molecule has 0 bridgehead atoms. The Morgan fingerprint density at radius 3 is 2.17 bits per heavy atom. The number of aryl methyl sites for hydroxylation is 1. The number of ether oxygens (including phenoxy) is 1. The van der Waals surface area contributed by atoms with Gasteiger partial charge in [-0.2, -0.15) is 4.31 Å². The molecule has 2 rings (SSSR count). The fourth-order valence-electron chi connectivity index (χ4n) is 2.75. The summed E-state index contributed by atoms with van der Waals surface area (Å²) in [5.74, 6) is -2.46. The monoisotopic (exact) mass is 421 g/mol. The number of hydrogen-bond acceptors (Lipinski definition) is 5. The number of rotatable bonds is 9. The Balaban J connectivity index is 2.17. The first-order valence-electron chi connectivity index (χ1n) is 9.33. The predicted molar refractivity (Wildman–Crippen MR) is 107 cm³/mol. The Kier molecular flexibility index (Phi) is 7.64. The number of nitrogens with zero attached hydrogens (tertiary/aromatic N) is 1. The molecule has 0 saturated heterocycles. The molecular weight excluding hydrogens is 397 g/mol. The van der Waals surface area contributed by atoms with Gasteiger partial charge in [0.15, 0.2) is 12.4 Å². The van der Waals surface area contributed by atoms with E-state index in [4.69, 9.17) is 4.74 Å². The van der Waals surface area contributed by atoms with Gasteiger partial charge in [-0.25, -0.2) is 17.6 Å². The number of esters is 1. The van der Waals surface area contributed by atoms with Gasteiger partial charge >= 0.3 is 5.97 Å². The van der Waals surface area contributed by atoms with Crippen LogP contribution in [0.5, 0.6) is 0 Å². The lowest BCUT2D eigenvalue weighted by molar-refractivity contribution is 0.0470. The number of carbonyl (C=O) groups excluding carboxylic acids is 2. The maximum absolute atomic E-state index is 14.1. The Bertz CT molecular complexity index is 983. The van der Waals surface area contributed by atoms with E-state index in [0.29, 0.717) is 5.56 Å². The Labute approximate surface area is 170 Å². The molecule has 0 amide bonds. The third-order valence-corrected chi connectivity index (χ3v) is 6.57. The minimum Gasteiger partial charge on any atom is -0.454 e. The van der Waals surface area contributed by atoms with Crippen LogP contribution in [0.15, 0.2) is 47.4 Å². The third kappa shape index (κ3) is 5.27. The Morgan fingerprint density at radius 2 is 1.62 bits per heavy atom. The summed E-state index contributed by atoms with van der Waals surface area (Å²) < 4.78 is 45.4. The molecule has 6 nitrogen and oxygen atoms in total. The van der Waals surface area contributed by atoms with Gasteiger partial charge in [0.25, 0.3) is 0 Å². The molecule has 0 atom stereocenters. The van der Waals surface area contributed by atoms with Crippen molar-refractivity contribution in [3.8, 4) is 0 Å². The fourth-order valence-corrected chi connectivity index (χ4v) is 4.24. The normalized spacial score (nSPS) is 11.5. The van der Waals surface area contributed by atoms with Crippen molar-refractivity contribution >= 4 is 21.8 Å². The van der Waals surface area contributed by atoms with Gasteiger partial charge in [0, 0.05) is 18.7 Å². The molecule has 0 heterocycles. The lowest BCUT2D eigenvalue weighted by Crippen LogP contribution is -2.30. The summed E-state index contributed by atoms with van der Waals surface area (Å²) in [5, 5.41) is 0. The van der Waals surface area contributed by atoms with Gasteiger partial charge < -0.3 is 4.74 Å². The van der Waals surface area contributed by atoms with Gasteiger partial charge in [-0.05, 0) is 30.2 Å². The molecule has 0 aliphatic heterocycles. The molecule has 0 aromatic heterocycles. The number of sulfonamides is 1. The van der Waals surface area contributed by atoms with Crippen molar-refractivity contribution in [1.82, 2.24) is 4.31 Å². The summed E-state index contributed by atoms with van der Waals surface area (Å²) in [6.45, 7) is 5.25. The highest BCUT2D eigenvalue weighted by atomic mass is 32.2. The van der Waals surface area contributed by atoms with Gasteiger partial charge in [0.05, 0.1) is 10.5 Å². The Hall–Kier alpha value is -2.58. The van der Waals surface area contributed by atoms with Crippen LogP contribution in [-0.2, 0) is 21.2 Å². The van der Waals surface area contributed by atoms with E-state index in [9.17, 15) is 22.4 Å². The van der Waals surface area contributed by atoms with Gasteiger partial charge in [-0.1, -0.05) is 45.0 Å². The van der Waals surface area contributed by atoms with Crippen molar-refractivity contribution in [2.45, 2.75) is 32.1 Å². The molecule has 156 valence electrons. The van der Waals surface area contributed by atoms with Gasteiger partial charge in [0.1, 0.15) is 5.82 Å².